The highest BCUT2D eigenvalue weighted by molar-refractivity contribution is 5.28. The average Bonchev–Trinajstić information content (AvgIpc) is 2.27. The maximum absolute atomic E-state index is 5.89. The summed E-state index contributed by atoms with van der Waals surface area (Å²) in [6.45, 7) is 7.12. The summed E-state index contributed by atoms with van der Waals surface area (Å²) in [4.78, 5) is 0. The molecule has 0 saturated heterocycles. The third kappa shape index (κ3) is 4.23. The standard InChI is InChI=1S/C14H23NO/c1-4-5-13(15)10-16-14-8-6-12(7-9-14)11(2)3/h6-9,11,13H,4-5,10,15H2,1-3H3. The lowest BCUT2D eigenvalue weighted by Crippen LogP contribution is -2.27. The molecule has 2 nitrogen and oxygen atoms in total. The van der Waals surface area contributed by atoms with Gasteiger partial charge in [-0.05, 0) is 30.0 Å². The van der Waals surface area contributed by atoms with Crippen LogP contribution in [0.4, 0.5) is 0 Å². The van der Waals surface area contributed by atoms with Gasteiger partial charge in [0.2, 0.25) is 0 Å². The van der Waals surface area contributed by atoms with Gasteiger partial charge in [0.05, 0.1) is 0 Å². The number of nitrogens with two attached hydrogens (primary N) is 1. The predicted octanol–water partition coefficient (Wildman–Crippen LogP) is 3.32. The minimum Gasteiger partial charge on any atom is -0.492 e. The molecule has 16 heavy (non-hydrogen) atoms. The van der Waals surface area contributed by atoms with Crippen molar-refractivity contribution in [2.24, 2.45) is 5.73 Å². The molecule has 0 heterocycles. The van der Waals surface area contributed by atoms with Crippen molar-refractivity contribution < 1.29 is 4.74 Å². The topological polar surface area (TPSA) is 35.2 Å². The van der Waals surface area contributed by atoms with Crippen LogP contribution in [0, 0.1) is 0 Å². The summed E-state index contributed by atoms with van der Waals surface area (Å²) >= 11 is 0. The first-order valence-electron chi connectivity index (χ1n) is 6.11. The highest BCUT2D eigenvalue weighted by Crippen LogP contribution is 2.18. The first kappa shape index (κ1) is 13.0. The van der Waals surface area contributed by atoms with E-state index in [1.165, 1.54) is 5.56 Å². The molecule has 1 rings (SSSR count). The highest BCUT2D eigenvalue weighted by atomic mass is 16.5. The zero-order valence-electron chi connectivity index (χ0n) is 10.6. The van der Waals surface area contributed by atoms with Gasteiger partial charge in [0.25, 0.3) is 0 Å². The van der Waals surface area contributed by atoms with E-state index in [0.29, 0.717) is 12.5 Å². The lowest BCUT2D eigenvalue weighted by Gasteiger charge is -2.13. The molecule has 1 unspecified atom stereocenters. The van der Waals surface area contributed by atoms with Crippen LogP contribution in [0.1, 0.15) is 45.1 Å². The van der Waals surface area contributed by atoms with Crippen LogP contribution in [0.5, 0.6) is 5.75 Å². The van der Waals surface area contributed by atoms with Gasteiger partial charge in [0.1, 0.15) is 12.4 Å². The van der Waals surface area contributed by atoms with Crippen molar-refractivity contribution in [1.82, 2.24) is 0 Å². The normalized spacial score (nSPS) is 12.8. The van der Waals surface area contributed by atoms with Gasteiger partial charge in [-0.15, -0.1) is 0 Å². The summed E-state index contributed by atoms with van der Waals surface area (Å²) < 4.78 is 5.63. The zero-order chi connectivity index (χ0) is 12.0. The van der Waals surface area contributed by atoms with Gasteiger partial charge in [-0.25, -0.2) is 0 Å². The maximum atomic E-state index is 5.89. The molecule has 1 aromatic rings. The van der Waals surface area contributed by atoms with Crippen LogP contribution < -0.4 is 10.5 Å². The maximum Gasteiger partial charge on any atom is 0.119 e. The van der Waals surface area contributed by atoms with Gasteiger partial charge in [-0.2, -0.15) is 0 Å². The Hall–Kier alpha value is -1.02. The Labute approximate surface area is 98.8 Å². The Morgan fingerprint density at radius 2 is 1.81 bits per heavy atom. The lowest BCUT2D eigenvalue weighted by atomic mass is 10.0. The lowest BCUT2D eigenvalue weighted by molar-refractivity contribution is 0.281. The second-order valence-corrected chi connectivity index (χ2v) is 4.58. The molecule has 0 aliphatic carbocycles. The number of hydrogen-bond acceptors (Lipinski definition) is 2. The molecule has 0 aromatic heterocycles. The monoisotopic (exact) mass is 221 g/mol. The Kier molecular flexibility index (Phi) is 5.33. The van der Waals surface area contributed by atoms with E-state index in [0.717, 1.165) is 18.6 Å². The number of benzene rings is 1. The molecular formula is C14H23NO. The molecule has 2 N–H and O–H groups in total. The molecule has 0 fully saturated rings. The second kappa shape index (κ2) is 6.54. The molecule has 1 atom stereocenters. The molecule has 0 aliphatic rings. The number of ether oxygens (including phenoxy) is 1. The molecule has 0 saturated carbocycles. The van der Waals surface area contributed by atoms with Crippen LogP contribution in [0.3, 0.4) is 0 Å². The summed E-state index contributed by atoms with van der Waals surface area (Å²) in [5, 5.41) is 0. The molecule has 0 bridgehead atoms. The average molecular weight is 221 g/mol. The molecule has 0 amide bonds. The van der Waals surface area contributed by atoms with Gasteiger partial charge in [0.15, 0.2) is 0 Å². The third-order valence-electron chi connectivity index (χ3n) is 2.67. The van der Waals surface area contributed by atoms with E-state index in [9.17, 15) is 0 Å². The minimum absolute atomic E-state index is 0.148. The molecule has 2 heteroatoms. The molecular weight excluding hydrogens is 198 g/mol. The van der Waals surface area contributed by atoms with Crippen molar-refractivity contribution in [2.45, 2.75) is 45.6 Å². The van der Waals surface area contributed by atoms with Crippen LogP contribution in [-0.4, -0.2) is 12.6 Å². The minimum atomic E-state index is 0.148. The van der Waals surface area contributed by atoms with Crippen molar-refractivity contribution in [3.63, 3.8) is 0 Å². The van der Waals surface area contributed by atoms with E-state index in [1.54, 1.807) is 0 Å². The van der Waals surface area contributed by atoms with Crippen LogP contribution >= 0.6 is 0 Å². The number of rotatable bonds is 6. The fourth-order valence-electron chi connectivity index (χ4n) is 1.61. The van der Waals surface area contributed by atoms with Crippen LogP contribution in [-0.2, 0) is 0 Å². The van der Waals surface area contributed by atoms with E-state index in [4.69, 9.17) is 10.5 Å². The van der Waals surface area contributed by atoms with E-state index in [-0.39, 0.29) is 6.04 Å². The summed E-state index contributed by atoms with van der Waals surface area (Å²) in [6, 6.07) is 8.42. The molecule has 0 aliphatic heterocycles. The SMILES string of the molecule is CCCC(N)COc1ccc(C(C)C)cc1. The second-order valence-electron chi connectivity index (χ2n) is 4.58. The first-order chi connectivity index (χ1) is 7.63. The summed E-state index contributed by atoms with van der Waals surface area (Å²) in [7, 11) is 0. The van der Waals surface area contributed by atoms with Crippen LogP contribution in [0.2, 0.25) is 0 Å². The van der Waals surface area contributed by atoms with Gasteiger partial charge in [-0.3, -0.25) is 0 Å². The van der Waals surface area contributed by atoms with E-state index < -0.39 is 0 Å². The molecule has 0 spiro atoms. The summed E-state index contributed by atoms with van der Waals surface area (Å²) in [5.41, 5.74) is 7.22. The Morgan fingerprint density at radius 1 is 1.19 bits per heavy atom. The fraction of sp³-hybridized carbons (Fsp3) is 0.571. The molecule has 0 radical (unpaired) electrons. The Balaban J connectivity index is 2.43. The third-order valence-corrected chi connectivity index (χ3v) is 2.67. The van der Waals surface area contributed by atoms with Gasteiger partial charge >= 0.3 is 0 Å². The molecule has 1 aromatic carbocycles. The summed E-state index contributed by atoms with van der Waals surface area (Å²) in [5.74, 6) is 1.48. The quantitative estimate of drug-likeness (QED) is 0.799. The predicted molar refractivity (Wildman–Crippen MR) is 68.9 cm³/mol. The van der Waals surface area contributed by atoms with Crippen molar-refractivity contribution in [3.8, 4) is 5.75 Å². The van der Waals surface area contributed by atoms with E-state index >= 15 is 0 Å². The van der Waals surface area contributed by atoms with E-state index in [1.807, 2.05) is 12.1 Å². The fourth-order valence-corrected chi connectivity index (χ4v) is 1.61. The van der Waals surface area contributed by atoms with Gasteiger partial charge in [0, 0.05) is 6.04 Å². The van der Waals surface area contributed by atoms with Crippen molar-refractivity contribution in [2.75, 3.05) is 6.61 Å². The van der Waals surface area contributed by atoms with Crippen LogP contribution in [0.15, 0.2) is 24.3 Å². The van der Waals surface area contributed by atoms with Gasteiger partial charge in [-0.1, -0.05) is 39.3 Å². The van der Waals surface area contributed by atoms with E-state index in [2.05, 4.69) is 32.9 Å². The largest absolute Gasteiger partial charge is 0.492 e. The Morgan fingerprint density at radius 3 is 2.31 bits per heavy atom. The highest BCUT2D eigenvalue weighted by Gasteiger charge is 2.03. The Bertz CT molecular complexity index is 292. The van der Waals surface area contributed by atoms with Gasteiger partial charge < -0.3 is 10.5 Å². The van der Waals surface area contributed by atoms with Crippen molar-refractivity contribution in [1.29, 1.82) is 0 Å². The van der Waals surface area contributed by atoms with Crippen molar-refractivity contribution >= 4 is 0 Å². The number of hydrogen-bond donors (Lipinski definition) is 1. The zero-order valence-corrected chi connectivity index (χ0v) is 10.6. The van der Waals surface area contributed by atoms with Crippen LogP contribution in [0.25, 0.3) is 0 Å². The summed E-state index contributed by atoms with van der Waals surface area (Å²) in [6.07, 6.45) is 2.13. The molecule has 90 valence electrons. The smallest absolute Gasteiger partial charge is 0.119 e. The first-order valence-corrected chi connectivity index (χ1v) is 6.11. The van der Waals surface area contributed by atoms with Crippen molar-refractivity contribution in [3.05, 3.63) is 29.8 Å².